The number of carbonyl (C=O) groups excluding carboxylic acids is 2. The number of aryl methyl sites for hydroxylation is 2. The molecule has 0 heterocycles. The number of nitriles is 1. The molecule has 0 aliphatic rings. The van der Waals surface area contributed by atoms with Gasteiger partial charge < -0.3 is 9.64 Å². The smallest absolute Gasteiger partial charge is 0.331 e. The Kier molecular flexibility index (Phi) is 7.82. The number of nitro benzene ring substituents is 1. The lowest BCUT2D eigenvalue weighted by atomic mass is 10.1. The van der Waals surface area contributed by atoms with Crippen molar-refractivity contribution >= 4 is 29.3 Å². The topological polar surface area (TPSA) is 114 Å². The summed E-state index contributed by atoms with van der Waals surface area (Å²) in [5, 5.41) is 19.7. The van der Waals surface area contributed by atoms with Crippen molar-refractivity contribution in [3.05, 3.63) is 75.3 Å². The van der Waals surface area contributed by atoms with Gasteiger partial charge in [0.1, 0.15) is 0 Å². The molecule has 30 heavy (non-hydrogen) atoms. The second-order valence-corrected chi connectivity index (χ2v) is 6.59. The maximum atomic E-state index is 12.6. The highest BCUT2D eigenvalue weighted by atomic mass is 16.6. The summed E-state index contributed by atoms with van der Waals surface area (Å²) < 4.78 is 5.01. The molecule has 2 aromatic rings. The molecule has 0 aliphatic carbocycles. The molecule has 0 bridgehead atoms. The highest BCUT2D eigenvalue weighted by Gasteiger charge is 2.17. The van der Waals surface area contributed by atoms with E-state index in [0.717, 1.165) is 17.2 Å². The standard InChI is InChI=1S/C22H21N3O5/c1-16-11-17(2)13-20(12-16)24(10-4-9-23)21(26)15-30-22(27)8-7-18-5-3-6-19(14-18)25(28)29/h3,5-8,11-14H,4,10,15H2,1-2H3/b8-7+. The third-order valence-electron chi connectivity index (χ3n) is 4.10. The average Bonchev–Trinajstić information content (AvgIpc) is 2.70. The molecule has 0 unspecified atom stereocenters. The summed E-state index contributed by atoms with van der Waals surface area (Å²) in [7, 11) is 0. The van der Waals surface area contributed by atoms with E-state index >= 15 is 0 Å². The van der Waals surface area contributed by atoms with Crippen molar-refractivity contribution in [2.75, 3.05) is 18.1 Å². The summed E-state index contributed by atoms with van der Waals surface area (Å²) in [6.45, 7) is 3.50. The normalized spacial score (nSPS) is 10.4. The summed E-state index contributed by atoms with van der Waals surface area (Å²) >= 11 is 0. The minimum atomic E-state index is -0.754. The van der Waals surface area contributed by atoms with E-state index in [1.807, 2.05) is 38.1 Å². The summed E-state index contributed by atoms with van der Waals surface area (Å²) in [5.41, 5.74) is 2.94. The van der Waals surface area contributed by atoms with Gasteiger partial charge in [-0.25, -0.2) is 4.79 Å². The largest absolute Gasteiger partial charge is 0.452 e. The minimum Gasteiger partial charge on any atom is -0.452 e. The second kappa shape index (κ2) is 10.5. The van der Waals surface area contributed by atoms with Crippen molar-refractivity contribution in [3.63, 3.8) is 0 Å². The van der Waals surface area contributed by atoms with Crippen LogP contribution in [0.4, 0.5) is 11.4 Å². The van der Waals surface area contributed by atoms with Crippen LogP contribution in [0, 0.1) is 35.3 Å². The van der Waals surface area contributed by atoms with Crippen molar-refractivity contribution < 1.29 is 19.2 Å². The maximum absolute atomic E-state index is 12.6. The maximum Gasteiger partial charge on any atom is 0.331 e. The molecule has 0 aliphatic heterocycles. The Bertz CT molecular complexity index is 1000. The molecule has 2 rings (SSSR count). The number of hydrogen-bond acceptors (Lipinski definition) is 6. The molecule has 0 spiro atoms. The Hall–Kier alpha value is -3.99. The van der Waals surface area contributed by atoms with E-state index in [4.69, 9.17) is 10.00 Å². The summed E-state index contributed by atoms with van der Waals surface area (Å²) in [6, 6.07) is 13.4. The van der Waals surface area contributed by atoms with Crippen molar-refractivity contribution in [2.45, 2.75) is 20.3 Å². The van der Waals surface area contributed by atoms with E-state index in [2.05, 4.69) is 0 Å². The van der Waals surface area contributed by atoms with Gasteiger partial charge in [-0.15, -0.1) is 0 Å². The monoisotopic (exact) mass is 407 g/mol. The van der Waals surface area contributed by atoms with E-state index in [9.17, 15) is 19.7 Å². The number of hydrogen-bond donors (Lipinski definition) is 0. The van der Waals surface area contributed by atoms with Crippen LogP contribution in [0.25, 0.3) is 6.08 Å². The van der Waals surface area contributed by atoms with Gasteiger partial charge >= 0.3 is 5.97 Å². The molecule has 154 valence electrons. The lowest BCUT2D eigenvalue weighted by Crippen LogP contribution is -2.35. The van der Waals surface area contributed by atoms with Gasteiger partial charge in [0, 0.05) is 30.4 Å². The van der Waals surface area contributed by atoms with Crippen LogP contribution in [-0.4, -0.2) is 30.0 Å². The molecule has 0 saturated heterocycles. The van der Waals surface area contributed by atoms with Crippen LogP contribution in [-0.2, 0) is 14.3 Å². The highest BCUT2D eigenvalue weighted by molar-refractivity contribution is 5.96. The number of nitrogens with zero attached hydrogens (tertiary/aromatic N) is 3. The van der Waals surface area contributed by atoms with Gasteiger partial charge in [0.15, 0.2) is 6.61 Å². The van der Waals surface area contributed by atoms with Crippen molar-refractivity contribution in [3.8, 4) is 6.07 Å². The fourth-order valence-corrected chi connectivity index (χ4v) is 2.83. The fraction of sp³-hybridized carbons (Fsp3) is 0.227. The Morgan fingerprint density at radius 1 is 1.20 bits per heavy atom. The van der Waals surface area contributed by atoms with E-state index < -0.39 is 23.4 Å². The molecular formula is C22H21N3O5. The number of non-ortho nitro benzene ring substituents is 1. The van der Waals surface area contributed by atoms with Crippen LogP contribution in [0.15, 0.2) is 48.5 Å². The molecule has 0 aromatic heterocycles. The SMILES string of the molecule is Cc1cc(C)cc(N(CCC#N)C(=O)COC(=O)/C=C/c2cccc([N+](=O)[O-])c2)c1. The van der Waals surface area contributed by atoms with E-state index in [1.165, 1.54) is 29.2 Å². The van der Waals surface area contributed by atoms with E-state index in [0.29, 0.717) is 11.3 Å². The summed E-state index contributed by atoms with van der Waals surface area (Å²) in [5.74, 6) is -1.21. The first kappa shape index (κ1) is 22.3. The van der Waals surface area contributed by atoms with Crippen LogP contribution in [0.2, 0.25) is 0 Å². The third kappa shape index (κ3) is 6.56. The fourth-order valence-electron chi connectivity index (χ4n) is 2.83. The molecule has 8 nitrogen and oxygen atoms in total. The average molecular weight is 407 g/mol. The number of esters is 1. The molecular weight excluding hydrogens is 386 g/mol. The van der Waals surface area contributed by atoms with Crippen LogP contribution in [0.1, 0.15) is 23.1 Å². The van der Waals surface area contributed by atoms with Crippen LogP contribution in [0.5, 0.6) is 0 Å². The van der Waals surface area contributed by atoms with Crippen LogP contribution >= 0.6 is 0 Å². The molecule has 1 amide bonds. The number of ether oxygens (including phenoxy) is 1. The molecule has 0 saturated carbocycles. The predicted molar refractivity (Wildman–Crippen MR) is 112 cm³/mol. The van der Waals surface area contributed by atoms with Crippen LogP contribution < -0.4 is 4.90 Å². The summed E-state index contributed by atoms with van der Waals surface area (Å²) in [6.07, 6.45) is 2.61. The van der Waals surface area contributed by atoms with E-state index in [-0.39, 0.29) is 18.7 Å². The molecule has 2 aromatic carbocycles. The molecule has 0 fully saturated rings. The Balaban J connectivity index is 2.03. The van der Waals surface area contributed by atoms with Crippen molar-refractivity contribution in [2.24, 2.45) is 0 Å². The lowest BCUT2D eigenvalue weighted by molar-refractivity contribution is -0.384. The molecule has 8 heteroatoms. The first-order chi connectivity index (χ1) is 14.3. The van der Waals surface area contributed by atoms with Gasteiger partial charge in [-0.3, -0.25) is 14.9 Å². The number of rotatable bonds is 8. The lowest BCUT2D eigenvalue weighted by Gasteiger charge is -2.22. The zero-order chi connectivity index (χ0) is 22.1. The van der Waals surface area contributed by atoms with Crippen molar-refractivity contribution in [1.82, 2.24) is 0 Å². The van der Waals surface area contributed by atoms with E-state index in [1.54, 1.807) is 6.07 Å². The Morgan fingerprint density at radius 3 is 2.53 bits per heavy atom. The van der Waals surface area contributed by atoms with Crippen LogP contribution in [0.3, 0.4) is 0 Å². The van der Waals surface area contributed by atoms with Gasteiger partial charge in [-0.2, -0.15) is 5.26 Å². The Labute approximate surface area is 174 Å². The number of carbonyl (C=O) groups is 2. The first-order valence-corrected chi connectivity index (χ1v) is 9.15. The first-order valence-electron chi connectivity index (χ1n) is 9.15. The predicted octanol–water partition coefficient (Wildman–Crippen LogP) is 3.71. The quantitative estimate of drug-likeness (QED) is 0.285. The van der Waals surface area contributed by atoms with Gasteiger partial charge in [0.2, 0.25) is 0 Å². The number of nitro groups is 1. The molecule has 0 radical (unpaired) electrons. The molecule has 0 N–H and O–H groups in total. The zero-order valence-corrected chi connectivity index (χ0v) is 16.7. The number of amides is 1. The third-order valence-corrected chi connectivity index (χ3v) is 4.10. The van der Waals surface area contributed by atoms with Crippen molar-refractivity contribution in [1.29, 1.82) is 5.26 Å². The minimum absolute atomic E-state index is 0.0951. The van der Waals surface area contributed by atoms with Gasteiger partial charge in [0.05, 0.1) is 17.4 Å². The zero-order valence-electron chi connectivity index (χ0n) is 16.7. The summed E-state index contributed by atoms with van der Waals surface area (Å²) in [4.78, 5) is 36.2. The highest BCUT2D eigenvalue weighted by Crippen LogP contribution is 2.19. The van der Waals surface area contributed by atoms with Gasteiger partial charge in [0.25, 0.3) is 11.6 Å². The molecule has 0 atom stereocenters. The number of benzene rings is 2. The second-order valence-electron chi connectivity index (χ2n) is 6.59. The number of anilines is 1. The Morgan fingerprint density at radius 2 is 1.90 bits per heavy atom. The van der Waals surface area contributed by atoms with Gasteiger partial charge in [-0.05, 0) is 48.7 Å². The van der Waals surface area contributed by atoms with Gasteiger partial charge in [-0.1, -0.05) is 18.2 Å².